The number of phenolic OH excluding ortho intramolecular Hbond substituents is 2. The lowest BCUT2D eigenvalue weighted by Gasteiger charge is -2.15. The Labute approximate surface area is 153 Å². The largest absolute Gasteiger partial charge is 0.504 e. The van der Waals surface area contributed by atoms with Gasteiger partial charge in [0.2, 0.25) is 0 Å². The number of nitrogens with zero attached hydrogens (tertiary/aromatic N) is 1. The topological polar surface area (TPSA) is 71.8 Å². The molecule has 0 amide bonds. The van der Waals surface area contributed by atoms with E-state index in [0.29, 0.717) is 6.61 Å². The summed E-state index contributed by atoms with van der Waals surface area (Å²) in [5.74, 6) is -0.232. The molecule has 138 valence electrons. The van der Waals surface area contributed by atoms with Crippen LogP contribution in [-0.4, -0.2) is 28.1 Å². The molecule has 26 heavy (non-hydrogen) atoms. The molecule has 3 rings (SSSR count). The third-order valence-electron chi connectivity index (χ3n) is 4.41. The van der Waals surface area contributed by atoms with Crippen molar-refractivity contribution < 1.29 is 19.7 Å². The number of pyridine rings is 1. The molecule has 2 aromatic rings. The van der Waals surface area contributed by atoms with Gasteiger partial charge in [-0.25, -0.2) is 0 Å². The zero-order valence-corrected chi connectivity index (χ0v) is 14.8. The number of unbranched alkanes of at least 4 members (excludes halogenated alkanes) is 1. The molecular weight excluding hydrogens is 330 g/mol. The number of phenols is 2. The first-order chi connectivity index (χ1) is 12.7. The van der Waals surface area contributed by atoms with Crippen molar-refractivity contribution in [3.8, 4) is 11.5 Å². The number of rotatable bonds is 8. The average molecular weight is 355 g/mol. The Balaban J connectivity index is 1.31. The van der Waals surface area contributed by atoms with E-state index in [2.05, 4.69) is 23.2 Å². The molecule has 0 bridgehead atoms. The maximum Gasteiger partial charge on any atom is 0.158 e. The fraction of sp³-hybridized carbons (Fsp3) is 0.381. The van der Waals surface area contributed by atoms with Gasteiger partial charge in [-0.3, -0.25) is 4.98 Å². The normalized spacial score (nSPS) is 20.0. The van der Waals surface area contributed by atoms with Crippen LogP contribution in [0.25, 0.3) is 0 Å². The van der Waals surface area contributed by atoms with Gasteiger partial charge in [-0.2, -0.15) is 0 Å². The average Bonchev–Trinajstić information content (AvgIpc) is 3.13. The molecule has 0 saturated carbocycles. The third-order valence-corrected chi connectivity index (χ3v) is 4.41. The van der Waals surface area contributed by atoms with Crippen LogP contribution in [-0.2, 0) is 15.9 Å². The molecule has 0 aliphatic carbocycles. The molecule has 2 unspecified atom stereocenters. The molecule has 1 saturated heterocycles. The van der Waals surface area contributed by atoms with Crippen molar-refractivity contribution >= 4 is 0 Å². The number of hydrogen-bond donors (Lipinski definition) is 2. The third kappa shape index (κ3) is 5.31. The summed E-state index contributed by atoms with van der Waals surface area (Å²) in [7, 11) is 0. The van der Waals surface area contributed by atoms with E-state index in [4.69, 9.17) is 9.47 Å². The van der Waals surface area contributed by atoms with Crippen molar-refractivity contribution in [1.29, 1.82) is 0 Å². The van der Waals surface area contributed by atoms with Gasteiger partial charge in [0, 0.05) is 18.8 Å². The maximum atomic E-state index is 9.60. The van der Waals surface area contributed by atoms with E-state index in [1.54, 1.807) is 18.3 Å². The summed E-state index contributed by atoms with van der Waals surface area (Å²) >= 11 is 0. The number of hydrogen-bond acceptors (Lipinski definition) is 5. The van der Waals surface area contributed by atoms with E-state index in [-0.39, 0.29) is 23.9 Å². The molecule has 5 heteroatoms. The van der Waals surface area contributed by atoms with Crippen molar-refractivity contribution in [3.63, 3.8) is 0 Å². The maximum absolute atomic E-state index is 9.60. The lowest BCUT2D eigenvalue weighted by atomic mass is 10.1. The number of allylic oxidation sites excluding steroid dienone is 2. The van der Waals surface area contributed by atoms with Crippen molar-refractivity contribution in [2.24, 2.45) is 0 Å². The second-order valence-electron chi connectivity index (χ2n) is 6.43. The molecule has 0 radical (unpaired) electrons. The molecule has 0 spiro atoms. The Morgan fingerprint density at radius 1 is 1.15 bits per heavy atom. The van der Waals surface area contributed by atoms with Gasteiger partial charge >= 0.3 is 0 Å². The van der Waals surface area contributed by atoms with Crippen molar-refractivity contribution in [2.75, 3.05) is 6.61 Å². The van der Waals surface area contributed by atoms with Gasteiger partial charge in [0.25, 0.3) is 0 Å². The van der Waals surface area contributed by atoms with Crippen molar-refractivity contribution in [3.05, 3.63) is 66.0 Å². The van der Waals surface area contributed by atoms with Gasteiger partial charge in [0.05, 0.1) is 12.7 Å². The van der Waals surface area contributed by atoms with E-state index in [1.165, 1.54) is 11.6 Å². The number of aromatic hydroxyl groups is 2. The Bertz CT molecular complexity index is 717. The highest BCUT2D eigenvalue weighted by Gasteiger charge is 2.27. The Hall–Kier alpha value is -2.37. The molecule has 1 aromatic heterocycles. The Morgan fingerprint density at radius 2 is 2.08 bits per heavy atom. The fourth-order valence-corrected chi connectivity index (χ4v) is 2.99. The van der Waals surface area contributed by atoms with Gasteiger partial charge < -0.3 is 19.7 Å². The molecule has 1 aliphatic rings. The summed E-state index contributed by atoms with van der Waals surface area (Å²) in [6.45, 7) is 0.662. The standard InChI is InChI=1S/C21H25NO4/c23-18-9-8-17(14-19(18)24)20-10-11-21(26-20)25-13-4-2-1-3-6-16-7-5-12-22-15-16/h1,3,5,7-9,12,14-15,20-21,23-24H,2,4,6,10-11,13H2. The number of benzene rings is 1. The van der Waals surface area contributed by atoms with Crippen LogP contribution in [0, 0.1) is 0 Å². The number of ether oxygens (including phenoxy) is 2. The molecule has 5 nitrogen and oxygen atoms in total. The molecule has 2 N–H and O–H groups in total. The minimum atomic E-state index is -0.199. The fourth-order valence-electron chi connectivity index (χ4n) is 2.99. The van der Waals surface area contributed by atoms with Gasteiger partial charge in [0.1, 0.15) is 0 Å². The van der Waals surface area contributed by atoms with Crippen LogP contribution in [0.5, 0.6) is 11.5 Å². The van der Waals surface area contributed by atoms with Gasteiger partial charge in [-0.05, 0) is 55.0 Å². The summed E-state index contributed by atoms with van der Waals surface area (Å²) in [4.78, 5) is 4.10. The monoisotopic (exact) mass is 355 g/mol. The quantitative estimate of drug-likeness (QED) is 0.420. The number of aromatic nitrogens is 1. The highest BCUT2D eigenvalue weighted by Crippen LogP contribution is 2.36. The van der Waals surface area contributed by atoms with E-state index in [0.717, 1.165) is 37.7 Å². The van der Waals surface area contributed by atoms with Crippen LogP contribution < -0.4 is 0 Å². The summed E-state index contributed by atoms with van der Waals surface area (Å²) in [5.41, 5.74) is 2.08. The minimum absolute atomic E-state index is 0.0918. The second kappa shape index (κ2) is 9.36. The van der Waals surface area contributed by atoms with Crippen molar-refractivity contribution in [1.82, 2.24) is 4.98 Å². The summed E-state index contributed by atoms with van der Waals surface area (Å²) in [5, 5.41) is 19.0. The minimum Gasteiger partial charge on any atom is -0.504 e. The highest BCUT2D eigenvalue weighted by molar-refractivity contribution is 5.41. The SMILES string of the molecule is Oc1ccc(C2CCC(OCCCC=CCc3cccnc3)O2)cc1O. The van der Waals surface area contributed by atoms with Crippen LogP contribution in [0.1, 0.15) is 42.9 Å². The zero-order chi connectivity index (χ0) is 18.2. The molecule has 1 aliphatic heterocycles. The van der Waals surface area contributed by atoms with Gasteiger partial charge in [0.15, 0.2) is 17.8 Å². The predicted molar refractivity (Wildman–Crippen MR) is 98.9 cm³/mol. The van der Waals surface area contributed by atoms with Crippen LogP contribution >= 0.6 is 0 Å². The smallest absolute Gasteiger partial charge is 0.158 e. The van der Waals surface area contributed by atoms with Gasteiger partial charge in [-0.1, -0.05) is 24.3 Å². The Morgan fingerprint density at radius 3 is 2.88 bits per heavy atom. The van der Waals surface area contributed by atoms with Crippen LogP contribution in [0.15, 0.2) is 54.9 Å². The lowest BCUT2D eigenvalue weighted by molar-refractivity contribution is -0.134. The zero-order valence-electron chi connectivity index (χ0n) is 14.8. The van der Waals surface area contributed by atoms with E-state index >= 15 is 0 Å². The summed E-state index contributed by atoms with van der Waals surface area (Å²) < 4.78 is 11.7. The highest BCUT2D eigenvalue weighted by atomic mass is 16.7. The molecule has 2 atom stereocenters. The second-order valence-corrected chi connectivity index (χ2v) is 6.43. The predicted octanol–water partition coefficient (Wildman–Crippen LogP) is 4.27. The van der Waals surface area contributed by atoms with Crippen molar-refractivity contribution in [2.45, 2.75) is 44.5 Å². The van der Waals surface area contributed by atoms with E-state index < -0.39 is 0 Å². The first-order valence-corrected chi connectivity index (χ1v) is 9.05. The van der Waals surface area contributed by atoms with Crippen LogP contribution in [0.3, 0.4) is 0 Å². The van der Waals surface area contributed by atoms with Crippen LogP contribution in [0.4, 0.5) is 0 Å². The Kier molecular flexibility index (Phi) is 6.63. The molecule has 1 fully saturated rings. The van der Waals surface area contributed by atoms with E-state index in [9.17, 15) is 10.2 Å². The molecular formula is C21H25NO4. The first kappa shape index (κ1) is 18.4. The molecule has 2 heterocycles. The first-order valence-electron chi connectivity index (χ1n) is 9.05. The summed E-state index contributed by atoms with van der Waals surface area (Å²) in [6.07, 6.45) is 12.2. The van der Waals surface area contributed by atoms with Gasteiger partial charge in [-0.15, -0.1) is 0 Å². The molecule has 1 aromatic carbocycles. The summed E-state index contributed by atoms with van der Waals surface area (Å²) in [6, 6.07) is 8.83. The van der Waals surface area contributed by atoms with Crippen LogP contribution in [0.2, 0.25) is 0 Å². The van der Waals surface area contributed by atoms with E-state index in [1.807, 2.05) is 12.3 Å². The lowest BCUT2D eigenvalue weighted by Crippen LogP contribution is -2.12.